The zero-order chi connectivity index (χ0) is 20.2. The van der Waals surface area contributed by atoms with E-state index in [1.807, 2.05) is 19.6 Å². The molecule has 0 radical (unpaired) electrons. The highest BCUT2D eigenvalue weighted by molar-refractivity contribution is 6.92. The minimum atomic E-state index is -1.56. The molecule has 14 heteroatoms. The van der Waals surface area contributed by atoms with Crippen LogP contribution in [0.3, 0.4) is 0 Å². The Morgan fingerprint density at radius 3 is 1.60 bits per heavy atom. The highest BCUT2D eigenvalue weighted by Gasteiger charge is 2.40. The molecule has 0 spiro atoms. The largest absolute Gasteiger partial charge is 0.453 e. The van der Waals surface area contributed by atoms with Gasteiger partial charge in [0, 0.05) is 50.3 Å². The Kier molecular flexibility index (Phi) is 14.3. The Bertz CT molecular complexity index is 574. The van der Waals surface area contributed by atoms with Crippen LogP contribution in [0, 0.1) is 4.91 Å². The fourth-order valence-electron chi connectivity index (χ4n) is 3.73. The first-order chi connectivity index (χ1) is 12.6. The topological polar surface area (TPSA) is 129 Å². The normalized spacial score (nSPS) is 27.2. The van der Waals surface area contributed by atoms with E-state index in [-0.39, 0.29) is 46.8 Å². The Labute approximate surface area is 195 Å². The SMILES string of the molecule is COC(=O)N1C[C@@H]2C[C@H]1CN2.C[Si](C)(C)N=O.Cl.Cl.NC(=O)N1C[C@@H]2C[C@H]1CN2.P. The lowest BCUT2D eigenvalue weighted by molar-refractivity contribution is 0.113. The first-order valence-corrected chi connectivity index (χ1v) is 12.8. The fraction of sp³-hybridized carbons (Fsp3) is 0.875. The number of ether oxygens (including phenoxy) is 1. The fourth-order valence-corrected chi connectivity index (χ4v) is 3.73. The molecule has 4 heterocycles. The first kappa shape index (κ1) is 31.5. The van der Waals surface area contributed by atoms with Crippen molar-refractivity contribution < 1.29 is 14.3 Å². The number of halogens is 2. The van der Waals surface area contributed by atoms with Gasteiger partial charge in [0.05, 0.1) is 7.11 Å². The molecule has 4 N–H and O–H groups in total. The number of nitrogens with two attached hydrogens (primary N) is 1. The molecule has 178 valence electrons. The number of rotatable bonds is 1. The van der Waals surface area contributed by atoms with Crippen LogP contribution in [0.25, 0.3) is 0 Å². The summed E-state index contributed by atoms with van der Waals surface area (Å²) < 4.78 is 4.65. The van der Waals surface area contributed by atoms with Crippen molar-refractivity contribution in [2.24, 2.45) is 10.6 Å². The van der Waals surface area contributed by atoms with Crippen molar-refractivity contribution in [2.75, 3.05) is 33.3 Å². The second kappa shape index (κ2) is 13.6. The summed E-state index contributed by atoms with van der Waals surface area (Å²) in [6, 6.07) is 1.51. The summed E-state index contributed by atoms with van der Waals surface area (Å²) in [7, 11) is -0.129. The van der Waals surface area contributed by atoms with Gasteiger partial charge in [-0.25, -0.2) is 9.59 Å². The molecule has 30 heavy (non-hydrogen) atoms. The van der Waals surface area contributed by atoms with Gasteiger partial charge in [-0.15, -0.1) is 29.7 Å². The van der Waals surface area contributed by atoms with Gasteiger partial charge in [-0.3, -0.25) is 0 Å². The molecule has 1 unspecified atom stereocenters. The van der Waals surface area contributed by atoms with E-state index in [9.17, 15) is 14.5 Å². The number of carbonyl (C=O) groups excluding carboxylic acids is 2. The Balaban J connectivity index is 0. The molecule has 5 atom stereocenters. The Hall–Kier alpha value is -0.713. The number of fused-ring (bicyclic) bond motifs is 4. The number of amides is 3. The van der Waals surface area contributed by atoms with E-state index in [1.165, 1.54) is 7.11 Å². The second-order valence-electron chi connectivity index (χ2n) is 8.36. The molecule has 4 fully saturated rings. The molecule has 0 aromatic rings. The summed E-state index contributed by atoms with van der Waals surface area (Å²) in [5, 5.41) is 6.61. The minimum Gasteiger partial charge on any atom is -0.453 e. The molecule has 0 saturated carbocycles. The lowest BCUT2D eigenvalue weighted by Crippen LogP contribution is -2.48. The molecule has 4 rings (SSSR count). The van der Waals surface area contributed by atoms with Gasteiger partial charge < -0.3 is 30.9 Å². The van der Waals surface area contributed by atoms with Crippen LogP contribution < -0.4 is 16.4 Å². The van der Waals surface area contributed by atoms with Crippen LogP contribution in [0.5, 0.6) is 0 Å². The molecule has 10 nitrogen and oxygen atoms in total. The van der Waals surface area contributed by atoms with Crippen LogP contribution in [-0.2, 0) is 4.74 Å². The number of methoxy groups -OCH3 is 1. The molecule has 3 amide bonds. The van der Waals surface area contributed by atoms with Gasteiger partial charge in [0.2, 0.25) is 8.24 Å². The summed E-state index contributed by atoms with van der Waals surface area (Å²) in [6.45, 7) is 9.19. The van der Waals surface area contributed by atoms with Crippen molar-refractivity contribution in [2.45, 2.75) is 56.7 Å². The molecule has 4 aliphatic heterocycles. The molecule has 4 aliphatic rings. The van der Waals surface area contributed by atoms with E-state index < -0.39 is 8.24 Å². The molecule has 0 aromatic carbocycles. The number of carbonyl (C=O) groups is 2. The summed E-state index contributed by atoms with van der Waals surface area (Å²) in [5.74, 6) is 0. The van der Waals surface area contributed by atoms with Crippen LogP contribution in [0.15, 0.2) is 4.84 Å². The van der Waals surface area contributed by atoms with E-state index in [0.717, 1.165) is 39.0 Å². The van der Waals surface area contributed by atoms with Gasteiger partial charge in [-0.05, 0) is 32.5 Å². The van der Waals surface area contributed by atoms with Crippen LogP contribution >= 0.6 is 34.7 Å². The zero-order valence-electron chi connectivity index (χ0n) is 18.1. The summed E-state index contributed by atoms with van der Waals surface area (Å²) >= 11 is 0. The Morgan fingerprint density at radius 2 is 1.40 bits per heavy atom. The second-order valence-corrected chi connectivity index (χ2v) is 12.9. The molecule has 4 bridgehead atoms. The van der Waals surface area contributed by atoms with Gasteiger partial charge in [-0.1, -0.05) is 0 Å². The van der Waals surface area contributed by atoms with Crippen molar-refractivity contribution >= 4 is 55.1 Å². The van der Waals surface area contributed by atoms with Crippen molar-refractivity contribution in [3.8, 4) is 0 Å². The number of hydrogen-bond acceptors (Lipinski definition) is 7. The lowest BCUT2D eigenvalue weighted by Gasteiger charge is -2.25. The quantitative estimate of drug-likeness (QED) is 0.280. The molecule has 0 aromatic heterocycles. The lowest BCUT2D eigenvalue weighted by atomic mass is 10.2. The van der Waals surface area contributed by atoms with E-state index in [2.05, 4.69) is 20.2 Å². The zero-order valence-corrected chi connectivity index (χ0v) is 22.2. The predicted octanol–water partition coefficient (Wildman–Crippen LogP) is 1.40. The predicted molar refractivity (Wildman–Crippen MR) is 131 cm³/mol. The highest BCUT2D eigenvalue weighted by atomic mass is 35.5. The molecule has 0 aliphatic carbocycles. The molecular weight excluding hydrogens is 470 g/mol. The number of likely N-dealkylation sites (tertiary alicyclic amines) is 2. The van der Waals surface area contributed by atoms with Crippen molar-refractivity contribution in [3.63, 3.8) is 0 Å². The summed E-state index contributed by atoms with van der Waals surface area (Å²) in [5.41, 5.74) is 5.14. The molecule has 4 saturated heterocycles. The summed E-state index contributed by atoms with van der Waals surface area (Å²) in [6.07, 6.45) is 2.00. The standard InChI is InChI=1S/C7H12N2O2.C6H11N3O.C3H9NOSi.2ClH.H3P/c1-11-7(10)9-4-5-2-6(9)3-8-5;7-6(10)9-3-4-1-5(9)2-8-4;1-6(2,3)4-5;;;/h5-6,8H,2-4H2,1H3;4-5,8H,1-3H2,(H2,7,10);1-3H3;2*1H;1H3/t5-,6-;4-,5-;;;;/m00..../s1. The number of piperazine rings is 2. The van der Waals surface area contributed by atoms with E-state index >= 15 is 0 Å². The van der Waals surface area contributed by atoms with E-state index in [4.69, 9.17) is 5.73 Å². The van der Waals surface area contributed by atoms with Gasteiger partial charge in [0.1, 0.15) is 0 Å². The van der Waals surface area contributed by atoms with Crippen LogP contribution in [0.1, 0.15) is 12.8 Å². The van der Waals surface area contributed by atoms with Gasteiger partial charge in [-0.2, -0.15) is 14.8 Å². The maximum Gasteiger partial charge on any atom is 0.409 e. The van der Waals surface area contributed by atoms with E-state index in [1.54, 1.807) is 9.80 Å². The number of primary amides is 1. The maximum atomic E-state index is 11.1. The average Bonchev–Trinajstić information content (AvgIpc) is 3.41. The van der Waals surface area contributed by atoms with Crippen molar-refractivity contribution in [1.82, 2.24) is 20.4 Å². The number of nitrogens with one attached hydrogen (secondary N) is 2. The number of nitroso groups, excluding NO2 is 1. The van der Waals surface area contributed by atoms with E-state index in [0.29, 0.717) is 24.2 Å². The summed E-state index contributed by atoms with van der Waals surface area (Å²) in [4.78, 5) is 37.9. The first-order valence-electron chi connectivity index (χ1n) is 9.36. The number of nitrogens with zero attached hydrogens (tertiary/aromatic N) is 3. The maximum absolute atomic E-state index is 11.1. The smallest absolute Gasteiger partial charge is 0.409 e. The third-order valence-electron chi connectivity index (χ3n) is 5.08. The average molecular weight is 507 g/mol. The highest BCUT2D eigenvalue weighted by Crippen LogP contribution is 2.23. The monoisotopic (exact) mass is 506 g/mol. The molecular formula is C16H37Cl2N6O4PSi. The van der Waals surface area contributed by atoms with Crippen LogP contribution in [0.2, 0.25) is 19.6 Å². The van der Waals surface area contributed by atoms with Gasteiger partial charge >= 0.3 is 12.1 Å². The van der Waals surface area contributed by atoms with Crippen LogP contribution in [0.4, 0.5) is 9.59 Å². The number of urea groups is 1. The Morgan fingerprint density at radius 1 is 1.00 bits per heavy atom. The number of hydrogen-bond donors (Lipinski definition) is 3. The van der Waals surface area contributed by atoms with Crippen molar-refractivity contribution in [1.29, 1.82) is 0 Å². The minimum absolute atomic E-state index is 0. The van der Waals surface area contributed by atoms with Crippen molar-refractivity contribution in [3.05, 3.63) is 4.91 Å². The van der Waals surface area contributed by atoms with Gasteiger partial charge in [0.15, 0.2) is 0 Å². The third kappa shape index (κ3) is 8.80. The third-order valence-corrected chi connectivity index (χ3v) is 5.63. The van der Waals surface area contributed by atoms with Crippen LogP contribution in [-0.4, -0.2) is 87.6 Å². The van der Waals surface area contributed by atoms with Gasteiger partial charge in [0.25, 0.3) is 0 Å².